The summed E-state index contributed by atoms with van der Waals surface area (Å²) in [5, 5.41) is 0. The maximum Gasteiger partial charge on any atom is 0.416 e. The van der Waals surface area contributed by atoms with E-state index in [-0.39, 0.29) is 5.52 Å². The molecule has 0 fully saturated rings. The Kier molecular flexibility index (Phi) is 3.41. The highest BCUT2D eigenvalue weighted by molar-refractivity contribution is 5.76. The van der Waals surface area contributed by atoms with Crippen molar-refractivity contribution in [1.82, 2.24) is 9.55 Å². The Morgan fingerprint density at radius 3 is 2.50 bits per heavy atom. The zero-order valence-electron chi connectivity index (χ0n) is 11.2. The lowest BCUT2D eigenvalue weighted by atomic mass is 10.0. The minimum Gasteiger partial charge on any atom is -0.325 e. The van der Waals surface area contributed by atoms with E-state index >= 15 is 0 Å². The fourth-order valence-corrected chi connectivity index (χ4v) is 1.96. The molecule has 1 aromatic heterocycles. The molecule has 20 heavy (non-hydrogen) atoms. The highest BCUT2D eigenvalue weighted by Crippen LogP contribution is 2.30. The summed E-state index contributed by atoms with van der Waals surface area (Å²) in [4.78, 5) is 14.2. The number of hydrogen-bond acceptors (Lipinski definition) is 2. The minimum absolute atomic E-state index is 0.180. The van der Waals surface area contributed by atoms with E-state index in [0.717, 1.165) is 12.1 Å². The third-order valence-electron chi connectivity index (χ3n) is 3.08. The van der Waals surface area contributed by atoms with Crippen molar-refractivity contribution < 1.29 is 13.2 Å². The maximum atomic E-state index is 12.6. The SMILES string of the molecule is CC(C)(N)CCn1c(=O)[nH]c2cc(C(F)(F)F)ccc21. The molecule has 0 saturated carbocycles. The third-order valence-corrected chi connectivity index (χ3v) is 3.08. The number of aromatic amines is 1. The quantitative estimate of drug-likeness (QED) is 0.911. The zero-order chi connectivity index (χ0) is 15.1. The van der Waals surface area contributed by atoms with E-state index in [1.807, 2.05) is 13.8 Å². The molecular weight excluding hydrogens is 271 g/mol. The van der Waals surface area contributed by atoms with Gasteiger partial charge in [-0.15, -0.1) is 0 Å². The van der Waals surface area contributed by atoms with E-state index in [2.05, 4.69) is 4.98 Å². The van der Waals surface area contributed by atoms with Gasteiger partial charge in [0, 0.05) is 12.1 Å². The Labute approximate surface area is 113 Å². The average molecular weight is 287 g/mol. The van der Waals surface area contributed by atoms with Crippen molar-refractivity contribution in [2.24, 2.45) is 5.73 Å². The molecule has 7 heteroatoms. The summed E-state index contributed by atoms with van der Waals surface area (Å²) in [6.45, 7) is 4.01. The Balaban J connectivity index is 2.43. The lowest BCUT2D eigenvalue weighted by molar-refractivity contribution is -0.137. The molecule has 3 N–H and O–H groups in total. The number of nitrogens with two attached hydrogens (primary N) is 1. The number of H-pyrrole nitrogens is 1. The van der Waals surface area contributed by atoms with Gasteiger partial charge in [0.1, 0.15) is 0 Å². The number of imidazole rings is 1. The summed E-state index contributed by atoms with van der Waals surface area (Å²) in [6, 6.07) is 3.22. The topological polar surface area (TPSA) is 63.8 Å². The zero-order valence-corrected chi connectivity index (χ0v) is 11.2. The fourth-order valence-electron chi connectivity index (χ4n) is 1.96. The molecule has 0 spiro atoms. The van der Waals surface area contributed by atoms with Crippen molar-refractivity contribution in [3.63, 3.8) is 0 Å². The second kappa shape index (κ2) is 4.66. The monoisotopic (exact) mass is 287 g/mol. The standard InChI is InChI=1S/C13H16F3N3O/c1-12(2,17)5-6-19-10-4-3-8(13(14,15)16)7-9(10)18-11(19)20/h3-4,7H,5-6,17H2,1-2H3,(H,18,20). The summed E-state index contributed by atoms with van der Waals surface area (Å²) >= 11 is 0. The molecule has 2 rings (SSSR count). The van der Waals surface area contributed by atoms with E-state index in [9.17, 15) is 18.0 Å². The van der Waals surface area contributed by atoms with Gasteiger partial charge in [0.2, 0.25) is 0 Å². The molecule has 2 aromatic rings. The van der Waals surface area contributed by atoms with Gasteiger partial charge in [0.15, 0.2) is 0 Å². The maximum absolute atomic E-state index is 12.6. The van der Waals surface area contributed by atoms with Gasteiger partial charge >= 0.3 is 11.9 Å². The molecule has 0 unspecified atom stereocenters. The van der Waals surface area contributed by atoms with E-state index in [4.69, 9.17) is 5.73 Å². The second-order valence-corrected chi connectivity index (χ2v) is 5.55. The van der Waals surface area contributed by atoms with Crippen molar-refractivity contribution in [1.29, 1.82) is 0 Å². The van der Waals surface area contributed by atoms with Gasteiger partial charge in [-0.3, -0.25) is 4.57 Å². The molecule has 4 nitrogen and oxygen atoms in total. The van der Waals surface area contributed by atoms with Crippen molar-refractivity contribution in [2.75, 3.05) is 0 Å². The number of nitrogens with one attached hydrogen (secondary N) is 1. The van der Waals surface area contributed by atoms with Crippen LogP contribution in [0.5, 0.6) is 0 Å². The van der Waals surface area contributed by atoms with E-state index < -0.39 is 23.0 Å². The molecule has 1 aromatic carbocycles. The molecule has 0 bridgehead atoms. The predicted octanol–water partition coefficient (Wildman–Crippen LogP) is 2.48. The van der Waals surface area contributed by atoms with E-state index in [0.29, 0.717) is 18.5 Å². The highest BCUT2D eigenvalue weighted by Gasteiger charge is 2.30. The van der Waals surface area contributed by atoms with Crippen LogP contribution in [0.3, 0.4) is 0 Å². The van der Waals surface area contributed by atoms with Crippen LogP contribution in [0.2, 0.25) is 0 Å². The molecule has 1 heterocycles. The van der Waals surface area contributed by atoms with Crippen LogP contribution in [-0.4, -0.2) is 15.1 Å². The molecule has 0 aliphatic carbocycles. The molecule has 0 saturated heterocycles. The Morgan fingerprint density at radius 1 is 1.30 bits per heavy atom. The number of aryl methyl sites for hydroxylation is 1. The van der Waals surface area contributed by atoms with Crippen LogP contribution < -0.4 is 11.4 Å². The molecule has 110 valence electrons. The van der Waals surface area contributed by atoms with Crippen molar-refractivity contribution in [2.45, 2.75) is 38.5 Å². The van der Waals surface area contributed by atoms with Crippen molar-refractivity contribution >= 4 is 11.0 Å². The van der Waals surface area contributed by atoms with Crippen LogP contribution in [0, 0.1) is 0 Å². The lowest BCUT2D eigenvalue weighted by Crippen LogP contribution is -2.34. The van der Waals surface area contributed by atoms with Crippen molar-refractivity contribution in [3.8, 4) is 0 Å². The van der Waals surface area contributed by atoms with Gasteiger partial charge in [0.05, 0.1) is 16.6 Å². The molecule has 0 aliphatic heterocycles. The van der Waals surface area contributed by atoms with E-state index in [1.165, 1.54) is 10.6 Å². The van der Waals surface area contributed by atoms with E-state index in [1.54, 1.807) is 0 Å². The van der Waals surface area contributed by atoms with Crippen molar-refractivity contribution in [3.05, 3.63) is 34.2 Å². The molecule has 0 aliphatic rings. The fraction of sp³-hybridized carbons (Fsp3) is 0.462. The Bertz CT molecular complexity index is 677. The minimum atomic E-state index is -4.42. The summed E-state index contributed by atoms with van der Waals surface area (Å²) in [5.41, 5.74) is 4.83. The molecule has 0 radical (unpaired) electrons. The number of halogens is 3. The number of aromatic nitrogens is 2. The molecule has 0 amide bonds. The first-order valence-electron chi connectivity index (χ1n) is 6.16. The van der Waals surface area contributed by atoms with Gasteiger partial charge in [0.25, 0.3) is 0 Å². The van der Waals surface area contributed by atoms with Gasteiger partial charge < -0.3 is 10.7 Å². The van der Waals surface area contributed by atoms with Gasteiger partial charge in [-0.1, -0.05) is 0 Å². The summed E-state index contributed by atoms with van der Waals surface area (Å²) < 4.78 is 39.2. The first-order chi connectivity index (χ1) is 9.08. The average Bonchev–Trinajstić information content (AvgIpc) is 2.58. The van der Waals surface area contributed by atoms with Gasteiger partial charge in [-0.25, -0.2) is 4.79 Å². The third kappa shape index (κ3) is 3.04. The number of hydrogen-bond donors (Lipinski definition) is 2. The second-order valence-electron chi connectivity index (χ2n) is 5.55. The van der Waals surface area contributed by atoms with Gasteiger partial charge in [-0.2, -0.15) is 13.2 Å². The normalized spacial score (nSPS) is 13.1. The first-order valence-corrected chi connectivity index (χ1v) is 6.16. The van der Waals surface area contributed by atoms with Crippen LogP contribution in [0.4, 0.5) is 13.2 Å². The Morgan fingerprint density at radius 2 is 1.95 bits per heavy atom. The molecular formula is C13H16F3N3O. The summed E-state index contributed by atoms with van der Waals surface area (Å²) in [7, 11) is 0. The van der Waals surface area contributed by atoms with Crippen LogP contribution in [0.15, 0.2) is 23.0 Å². The number of fused-ring (bicyclic) bond motifs is 1. The number of benzene rings is 1. The Hall–Kier alpha value is -1.76. The largest absolute Gasteiger partial charge is 0.416 e. The van der Waals surface area contributed by atoms with Crippen LogP contribution in [0.1, 0.15) is 25.8 Å². The highest BCUT2D eigenvalue weighted by atomic mass is 19.4. The number of nitrogens with zero attached hydrogens (tertiary/aromatic N) is 1. The number of rotatable bonds is 3. The summed E-state index contributed by atoms with van der Waals surface area (Å²) in [5.74, 6) is 0. The first kappa shape index (κ1) is 14.6. The van der Waals surface area contributed by atoms with Gasteiger partial charge in [-0.05, 0) is 38.5 Å². The lowest BCUT2D eigenvalue weighted by Gasteiger charge is -2.18. The predicted molar refractivity (Wildman–Crippen MR) is 70.4 cm³/mol. The smallest absolute Gasteiger partial charge is 0.325 e. The number of alkyl halides is 3. The molecule has 0 atom stereocenters. The summed E-state index contributed by atoms with van der Waals surface area (Å²) in [6.07, 6.45) is -3.88. The van der Waals surface area contributed by atoms with Crippen LogP contribution in [-0.2, 0) is 12.7 Å². The van der Waals surface area contributed by atoms with Crippen LogP contribution in [0.25, 0.3) is 11.0 Å². The van der Waals surface area contributed by atoms with Crippen LogP contribution >= 0.6 is 0 Å².